The molecule has 324 valence electrons. The molecule has 8 rings (SSSR count). The van der Waals surface area contributed by atoms with Crippen LogP contribution in [-0.2, 0) is 32.5 Å². The van der Waals surface area contributed by atoms with Crippen molar-refractivity contribution in [1.29, 1.82) is 4.78 Å². The van der Waals surface area contributed by atoms with Crippen molar-refractivity contribution >= 4 is 60.8 Å². The number of piperidine rings is 2. The lowest BCUT2D eigenvalue weighted by molar-refractivity contribution is -0.141. The van der Waals surface area contributed by atoms with Crippen LogP contribution in [0.5, 0.6) is 0 Å². The van der Waals surface area contributed by atoms with Gasteiger partial charge in [-0.1, -0.05) is 12.1 Å². The Morgan fingerprint density at radius 2 is 1.79 bits per heavy atom. The van der Waals surface area contributed by atoms with Gasteiger partial charge in [0.2, 0.25) is 11.8 Å². The predicted molar refractivity (Wildman–Crippen MR) is 220 cm³/mol. The quantitative estimate of drug-likeness (QED) is 0.125. The van der Waals surface area contributed by atoms with Crippen LogP contribution in [0, 0.1) is 10.7 Å². The number of alkyl halides is 4. The second kappa shape index (κ2) is 16.0. The number of nitrogens with one attached hydrogen (secondary N) is 3. The summed E-state index contributed by atoms with van der Waals surface area (Å²) in [5.74, 6) is -1.51. The average molecular weight is 867 g/mol. The number of anilines is 2. The molecule has 3 amide bonds. The number of nitrogens with zero attached hydrogens (tertiary/aromatic N) is 7. The number of imide groups is 1. The number of hydrogen-bond acceptors (Lipinski definition) is 10. The molecule has 4 unspecified atom stereocenters. The Hall–Kier alpha value is -5.63. The lowest BCUT2D eigenvalue weighted by Crippen LogP contribution is -2.52. The molecule has 3 aliphatic rings. The maximum absolute atomic E-state index is 16.1. The molecule has 15 nitrogen and oxygen atoms in total. The van der Waals surface area contributed by atoms with Crippen LogP contribution in [0.4, 0.5) is 28.9 Å². The summed E-state index contributed by atoms with van der Waals surface area (Å²) >= 11 is 0. The Labute approximate surface area is 348 Å². The number of aryl methyl sites for hydroxylation is 1. The molecule has 2 aliphatic heterocycles. The smallest absolute Gasteiger partial charge is 0.367 e. The molecule has 5 aromatic rings. The zero-order chi connectivity index (χ0) is 43.5. The van der Waals surface area contributed by atoms with E-state index in [0.717, 1.165) is 43.9 Å². The van der Waals surface area contributed by atoms with Gasteiger partial charge >= 0.3 is 11.9 Å². The van der Waals surface area contributed by atoms with Crippen LogP contribution in [0.1, 0.15) is 73.2 Å². The first-order chi connectivity index (χ1) is 28.9. The molecule has 2 saturated heterocycles. The number of benzene rings is 2. The van der Waals surface area contributed by atoms with Gasteiger partial charge in [0.05, 0.1) is 55.1 Å². The van der Waals surface area contributed by atoms with Gasteiger partial charge in [-0.2, -0.15) is 18.3 Å². The highest BCUT2D eigenvalue weighted by Gasteiger charge is 2.37. The number of imidazole rings is 1. The van der Waals surface area contributed by atoms with Crippen LogP contribution in [0.2, 0.25) is 0 Å². The third kappa shape index (κ3) is 8.26. The van der Waals surface area contributed by atoms with Gasteiger partial charge < -0.3 is 15.1 Å². The Balaban J connectivity index is 0.902. The maximum atomic E-state index is 16.1. The predicted octanol–water partition coefficient (Wildman–Crippen LogP) is 5.65. The van der Waals surface area contributed by atoms with Crippen LogP contribution in [0.25, 0.3) is 21.9 Å². The highest BCUT2D eigenvalue weighted by atomic mass is 32.2. The second-order valence-corrected chi connectivity index (χ2v) is 18.6. The summed E-state index contributed by atoms with van der Waals surface area (Å²) in [7, 11) is 0.194. The normalized spacial score (nSPS) is 23.7. The van der Waals surface area contributed by atoms with Crippen molar-refractivity contribution in [2.24, 2.45) is 13.0 Å². The molecule has 5 heterocycles. The Morgan fingerprint density at radius 1 is 1.05 bits per heavy atom. The first-order valence-corrected chi connectivity index (χ1v) is 22.1. The van der Waals surface area contributed by atoms with E-state index in [2.05, 4.69) is 20.5 Å². The van der Waals surface area contributed by atoms with Crippen molar-refractivity contribution in [3.63, 3.8) is 0 Å². The minimum absolute atomic E-state index is 0.0131. The summed E-state index contributed by atoms with van der Waals surface area (Å²) in [5.41, 5.74) is 0.270. The lowest BCUT2D eigenvalue weighted by atomic mass is 9.85. The van der Waals surface area contributed by atoms with Gasteiger partial charge in [0, 0.05) is 50.4 Å². The number of carbonyl (C=O) groups excluding carboxylic acids is 3. The van der Waals surface area contributed by atoms with Gasteiger partial charge in [0.25, 0.3) is 5.91 Å². The number of halogens is 4. The van der Waals surface area contributed by atoms with Gasteiger partial charge in [-0.25, -0.2) is 23.2 Å². The van der Waals surface area contributed by atoms with E-state index in [1.807, 2.05) is 22.7 Å². The molecule has 0 radical (unpaired) electrons. The number of aromatic nitrogens is 5. The van der Waals surface area contributed by atoms with Crippen molar-refractivity contribution in [1.82, 2.24) is 34.1 Å². The highest BCUT2D eigenvalue weighted by Crippen LogP contribution is 2.37. The first-order valence-electron chi connectivity index (χ1n) is 20.1. The second-order valence-electron chi connectivity index (χ2n) is 16.5. The first kappa shape index (κ1) is 42.1. The van der Waals surface area contributed by atoms with E-state index in [1.54, 1.807) is 25.4 Å². The molecular weight excluding hydrogens is 821 g/mol. The fourth-order valence-corrected chi connectivity index (χ4v) is 10.1. The Bertz CT molecular complexity index is 2720. The van der Waals surface area contributed by atoms with E-state index in [1.165, 1.54) is 27.5 Å². The number of fused-ring (bicyclic) bond motifs is 2. The maximum Gasteiger partial charge on any atom is 0.433 e. The molecule has 3 fully saturated rings. The number of hydrogen-bond donors (Lipinski definition) is 3. The van der Waals surface area contributed by atoms with Crippen LogP contribution in [0.3, 0.4) is 0 Å². The molecule has 1 saturated carbocycles. The largest absolute Gasteiger partial charge is 0.433 e. The van der Waals surface area contributed by atoms with Crippen LogP contribution < -0.4 is 21.2 Å². The molecule has 0 bridgehead atoms. The van der Waals surface area contributed by atoms with E-state index in [4.69, 9.17) is 9.88 Å². The topological polar surface area (TPSA) is 180 Å². The molecule has 3 aromatic heterocycles. The zero-order valence-electron chi connectivity index (χ0n) is 33.7. The van der Waals surface area contributed by atoms with Crippen LogP contribution in [-0.4, -0.2) is 95.9 Å². The number of para-hydroxylation sites is 1. The summed E-state index contributed by atoms with van der Waals surface area (Å²) < 4.78 is 81.9. The Kier molecular flexibility index (Phi) is 11.0. The van der Waals surface area contributed by atoms with Crippen LogP contribution >= 0.6 is 0 Å². The summed E-state index contributed by atoms with van der Waals surface area (Å²) in [6, 6.07) is 10.3. The molecule has 20 heteroatoms. The van der Waals surface area contributed by atoms with Crippen molar-refractivity contribution in [3.05, 3.63) is 76.6 Å². The number of amides is 3. The molecular formula is C41H46F4N10O5S. The van der Waals surface area contributed by atoms with Gasteiger partial charge in [0.15, 0.2) is 0 Å². The molecule has 4 atom stereocenters. The summed E-state index contributed by atoms with van der Waals surface area (Å²) in [6.45, 7) is 1.40. The fraction of sp³-hybridized carbons (Fsp3) is 0.463. The average Bonchev–Trinajstić information content (AvgIpc) is 3.74. The van der Waals surface area contributed by atoms with E-state index in [9.17, 15) is 36.6 Å². The summed E-state index contributed by atoms with van der Waals surface area (Å²) in [4.78, 5) is 58.5. The standard InChI is InChI=1S/C41H46F4N10O5S/c1-51(30-16-17-53(22-26(30)42)31-7-5-8-32-37(31)52(2)40(59)55(32)33-14-15-36(56)49-39(33)58)20-23-10-12-25(13-11-23)54-21-24-18-29(34(61(3,46)60)19-28(24)50-54)48-38(57)27-6-4-9-35(47-27)41(43,44)45/h4-9,18-19,21,23,25-26,30,33,46H,10-17,20,22H2,1-3H3,(H,48,57)(H,49,56,58). The van der Waals surface area contributed by atoms with Gasteiger partial charge in [-0.15, -0.1) is 0 Å². The SMILES string of the molecule is CN(CC1CCC(n2cc3cc(NC(=O)c4cccc(C(F)(F)F)n4)c(S(C)(=N)=O)cc3n2)CC1)C1CCN(c2cccc3c2n(C)c(=O)n3C2CCC(=O)NC2=O)CC1F. The van der Waals surface area contributed by atoms with E-state index in [-0.39, 0.29) is 53.6 Å². The minimum atomic E-state index is -4.75. The highest BCUT2D eigenvalue weighted by molar-refractivity contribution is 7.91. The van der Waals surface area contributed by atoms with Gasteiger partial charge in [-0.05, 0) is 87.9 Å². The number of pyridine rings is 1. The fourth-order valence-electron chi connectivity index (χ4n) is 9.23. The summed E-state index contributed by atoms with van der Waals surface area (Å²) in [6.07, 6.45) is 1.33. The van der Waals surface area contributed by atoms with Gasteiger partial charge in [-0.3, -0.25) is 33.5 Å². The third-order valence-corrected chi connectivity index (χ3v) is 13.5. The van der Waals surface area contributed by atoms with Gasteiger partial charge in [0.1, 0.15) is 23.6 Å². The lowest BCUT2D eigenvalue weighted by Gasteiger charge is -2.42. The van der Waals surface area contributed by atoms with E-state index >= 15 is 4.39 Å². The zero-order valence-corrected chi connectivity index (χ0v) is 34.6. The van der Waals surface area contributed by atoms with Crippen molar-refractivity contribution in [3.8, 4) is 0 Å². The van der Waals surface area contributed by atoms with E-state index < -0.39 is 51.3 Å². The molecule has 3 N–H and O–H groups in total. The van der Waals surface area contributed by atoms with Crippen LogP contribution in [0.15, 0.2) is 64.4 Å². The molecule has 0 spiro atoms. The van der Waals surface area contributed by atoms with Crippen molar-refractivity contribution in [2.45, 2.75) is 80.3 Å². The molecule has 61 heavy (non-hydrogen) atoms. The minimum Gasteiger partial charge on any atom is -0.367 e. The van der Waals surface area contributed by atoms with Crippen molar-refractivity contribution < 1.29 is 36.2 Å². The van der Waals surface area contributed by atoms with E-state index in [0.29, 0.717) is 53.1 Å². The number of rotatable bonds is 9. The summed E-state index contributed by atoms with van der Waals surface area (Å²) in [5, 5.41) is 10.2. The Morgan fingerprint density at radius 3 is 2.48 bits per heavy atom. The molecule has 2 aromatic carbocycles. The molecule has 1 aliphatic carbocycles. The third-order valence-electron chi connectivity index (χ3n) is 12.3. The monoisotopic (exact) mass is 866 g/mol. The number of carbonyl (C=O) groups is 3. The van der Waals surface area contributed by atoms with Crippen molar-refractivity contribution in [2.75, 3.05) is 43.2 Å².